The van der Waals surface area contributed by atoms with Gasteiger partial charge in [-0.05, 0) is 38.1 Å². The Balaban J connectivity index is 2.45. The maximum Gasteiger partial charge on any atom is 0.261 e. The van der Waals surface area contributed by atoms with Gasteiger partial charge in [0.1, 0.15) is 5.75 Å². The van der Waals surface area contributed by atoms with Crippen LogP contribution in [0.15, 0.2) is 29.2 Å². The Hall–Kier alpha value is -1.27. The topological polar surface area (TPSA) is 72.5 Å². The standard InChI is InChI=1S/C12H16ClNO4S/c1-9(2)14-12(15)7-8-18-10-3-5-11(6-4-10)19(13,16)17/h3-6,9H,7-8H2,1-2H3,(H,14,15). The average molecular weight is 306 g/mol. The van der Waals surface area contributed by atoms with Crippen LogP contribution in [-0.4, -0.2) is 27.0 Å². The van der Waals surface area contributed by atoms with Gasteiger partial charge in [-0.1, -0.05) is 0 Å². The molecule has 1 rings (SSSR count). The number of amides is 1. The van der Waals surface area contributed by atoms with Gasteiger partial charge in [0.15, 0.2) is 0 Å². The van der Waals surface area contributed by atoms with Crippen LogP contribution in [0.3, 0.4) is 0 Å². The minimum absolute atomic E-state index is 0.0130. The van der Waals surface area contributed by atoms with Crippen LogP contribution in [0.2, 0.25) is 0 Å². The molecule has 0 aliphatic heterocycles. The molecule has 1 N–H and O–H groups in total. The summed E-state index contributed by atoms with van der Waals surface area (Å²) in [5.74, 6) is 0.399. The van der Waals surface area contributed by atoms with E-state index in [0.717, 1.165) is 0 Å². The van der Waals surface area contributed by atoms with Crippen molar-refractivity contribution in [3.8, 4) is 5.75 Å². The third-order valence-electron chi connectivity index (χ3n) is 2.15. The van der Waals surface area contributed by atoms with Gasteiger partial charge in [-0.3, -0.25) is 4.79 Å². The van der Waals surface area contributed by atoms with E-state index in [1.165, 1.54) is 24.3 Å². The summed E-state index contributed by atoms with van der Waals surface area (Å²) in [5, 5.41) is 2.74. The zero-order valence-corrected chi connectivity index (χ0v) is 12.3. The second-order valence-corrected chi connectivity index (χ2v) is 6.80. The van der Waals surface area contributed by atoms with Gasteiger partial charge in [-0.25, -0.2) is 8.42 Å². The molecular formula is C12H16ClNO4S. The fraction of sp³-hybridized carbons (Fsp3) is 0.417. The van der Waals surface area contributed by atoms with Gasteiger partial charge in [0.2, 0.25) is 5.91 Å². The quantitative estimate of drug-likeness (QED) is 0.815. The molecule has 0 fully saturated rings. The van der Waals surface area contributed by atoms with Gasteiger partial charge in [0.05, 0.1) is 17.9 Å². The van der Waals surface area contributed by atoms with Crippen molar-refractivity contribution in [3.05, 3.63) is 24.3 Å². The number of hydrogen-bond donors (Lipinski definition) is 1. The van der Waals surface area contributed by atoms with Gasteiger partial charge in [-0.15, -0.1) is 0 Å². The summed E-state index contributed by atoms with van der Waals surface area (Å²) in [5.41, 5.74) is 0. The molecule has 0 radical (unpaired) electrons. The van der Waals surface area contributed by atoms with E-state index in [1.807, 2.05) is 13.8 Å². The van der Waals surface area contributed by atoms with E-state index in [4.69, 9.17) is 15.4 Å². The van der Waals surface area contributed by atoms with Crippen molar-refractivity contribution in [1.29, 1.82) is 0 Å². The minimum Gasteiger partial charge on any atom is -0.493 e. The lowest BCUT2D eigenvalue weighted by Gasteiger charge is -2.09. The van der Waals surface area contributed by atoms with E-state index >= 15 is 0 Å². The first-order valence-corrected chi connectivity index (χ1v) is 8.07. The fourth-order valence-corrected chi connectivity index (χ4v) is 2.12. The summed E-state index contributed by atoms with van der Waals surface area (Å²) in [6.45, 7) is 3.99. The van der Waals surface area contributed by atoms with Crippen molar-refractivity contribution in [2.75, 3.05) is 6.61 Å². The van der Waals surface area contributed by atoms with E-state index < -0.39 is 9.05 Å². The smallest absolute Gasteiger partial charge is 0.261 e. The van der Waals surface area contributed by atoms with Crippen LogP contribution < -0.4 is 10.1 Å². The second kappa shape index (κ2) is 6.77. The number of carbonyl (C=O) groups is 1. The number of hydrogen-bond acceptors (Lipinski definition) is 4. The number of ether oxygens (including phenoxy) is 1. The predicted octanol–water partition coefficient (Wildman–Crippen LogP) is 1.91. The van der Waals surface area contributed by atoms with Crippen molar-refractivity contribution in [2.45, 2.75) is 31.2 Å². The van der Waals surface area contributed by atoms with E-state index in [-0.39, 0.29) is 29.9 Å². The number of halogens is 1. The Labute approximate surface area is 117 Å². The molecule has 1 aromatic rings. The van der Waals surface area contributed by atoms with Crippen molar-refractivity contribution < 1.29 is 17.9 Å². The van der Waals surface area contributed by atoms with E-state index in [2.05, 4.69) is 5.32 Å². The molecule has 0 saturated heterocycles. The van der Waals surface area contributed by atoms with Crippen molar-refractivity contribution in [2.24, 2.45) is 0 Å². The molecule has 0 heterocycles. The fourth-order valence-electron chi connectivity index (χ4n) is 1.35. The van der Waals surface area contributed by atoms with Crippen LogP contribution >= 0.6 is 10.7 Å². The third-order valence-corrected chi connectivity index (χ3v) is 3.52. The molecule has 1 aromatic carbocycles. The molecule has 19 heavy (non-hydrogen) atoms. The molecule has 0 unspecified atom stereocenters. The van der Waals surface area contributed by atoms with Crippen LogP contribution in [0.25, 0.3) is 0 Å². The van der Waals surface area contributed by atoms with E-state index in [1.54, 1.807) is 0 Å². The molecule has 0 atom stereocenters. The number of benzene rings is 1. The largest absolute Gasteiger partial charge is 0.493 e. The molecule has 5 nitrogen and oxygen atoms in total. The first-order valence-electron chi connectivity index (χ1n) is 5.76. The summed E-state index contributed by atoms with van der Waals surface area (Å²) >= 11 is 0. The molecule has 0 bridgehead atoms. The van der Waals surface area contributed by atoms with E-state index in [9.17, 15) is 13.2 Å². The highest BCUT2D eigenvalue weighted by Crippen LogP contribution is 2.19. The van der Waals surface area contributed by atoms with Crippen LogP contribution in [0.4, 0.5) is 0 Å². The highest BCUT2D eigenvalue weighted by molar-refractivity contribution is 8.13. The summed E-state index contributed by atoms with van der Waals surface area (Å²) in [7, 11) is 1.47. The average Bonchev–Trinajstić information content (AvgIpc) is 2.27. The number of rotatable bonds is 6. The van der Waals surface area contributed by atoms with Crippen molar-refractivity contribution in [3.63, 3.8) is 0 Å². The minimum atomic E-state index is -3.71. The van der Waals surface area contributed by atoms with Crippen LogP contribution in [-0.2, 0) is 13.8 Å². The lowest BCUT2D eigenvalue weighted by atomic mass is 10.3. The molecule has 0 aliphatic rings. The maximum atomic E-state index is 11.3. The first kappa shape index (κ1) is 15.8. The Bertz CT molecular complexity index is 525. The van der Waals surface area contributed by atoms with Crippen molar-refractivity contribution in [1.82, 2.24) is 5.32 Å². The zero-order chi connectivity index (χ0) is 14.5. The molecule has 0 saturated carbocycles. The van der Waals surface area contributed by atoms with Gasteiger partial charge in [0, 0.05) is 16.7 Å². The van der Waals surface area contributed by atoms with Gasteiger partial charge in [0.25, 0.3) is 9.05 Å². The number of nitrogens with one attached hydrogen (secondary N) is 1. The van der Waals surface area contributed by atoms with Crippen molar-refractivity contribution >= 4 is 25.6 Å². The SMILES string of the molecule is CC(C)NC(=O)CCOc1ccc(S(=O)(=O)Cl)cc1. The lowest BCUT2D eigenvalue weighted by molar-refractivity contribution is -0.122. The molecule has 1 amide bonds. The zero-order valence-electron chi connectivity index (χ0n) is 10.7. The normalized spacial score (nSPS) is 11.4. The second-order valence-electron chi connectivity index (χ2n) is 4.23. The molecule has 0 aromatic heterocycles. The molecule has 106 valence electrons. The first-order chi connectivity index (χ1) is 8.79. The monoisotopic (exact) mass is 305 g/mol. The lowest BCUT2D eigenvalue weighted by Crippen LogP contribution is -2.31. The summed E-state index contributed by atoms with van der Waals surface area (Å²) < 4.78 is 27.4. The Kier molecular flexibility index (Phi) is 5.62. The Morgan fingerprint density at radius 2 is 1.89 bits per heavy atom. The third kappa shape index (κ3) is 5.94. The molecule has 7 heteroatoms. The van der Waals surface area contributed by atoms with Gasteiger partial charge >= 0.3 is 0 Å². The van der Waals surface area contributed by atoms with Crippen LogP contribution in [0, 0.1) is 0 Å². The Morgan fingerprint density at radius 1 is 1.32 bits per heavy atom. The van der Waals surface area contributed by atoms with Crippen LogP contribution in [0.1, 0.15) is 20.3 Å². The summed E-state index contributed by atoms with van der Waals surface area (Å²) in [6.07, 6.45) is 0.244. The predicted molar refractivity (Wildman–Crippen MR) is 72.9 cm³/mol. The molecule has 0 spiro atoms. The number of carbonyl (C=O) groups excluding carboxylic acids is 1. The summed E-state index contributed by atoms with van der Waals surface area (Å²) in [6, 6.07) is 5.80. The maximum absolute atomic E-state index is 11.3. The van der Waals surface area contributed by atoms with Gasteiger partial charge < -0.3 is 10.1 Å². The van der Waals surface area contributed by atoms with E-state index in [0.29, 0.717) is 5.75 Å². The van der Waals surface area contributed by atoms with Gasteiger partial charge in [-0.2, -0.15) is 0 Å². The highest BCUT2D eigenvalue weighted by Gasteiger charge is 2.09. The summed E-state index contributed by atoms with van der Waals surface area (Å²) in [4.78, 5) is 11.4. The molecule has 0 aliphatic carbocycles. The Morgan fingerprint density at radius 3 is 2.37 bits per heavy atom. The highest BCUT2D eigenvalue weighted by atomic mass is 35.7. The molecular weight excluding hydrogens is 290 g/mol. The van der Waals surface area contributed by atoms with Crippen LogP contribution in [0.5, 0.6) is 5.75 Å².